The third-order valence-corrected chi connectivity index (χ3v) is 10.5. The molecule has 10 rings (SSSR count). The SMILES string of the molecule is c1ccc(-c2ccc(-c3ccc(N(c4ccc(-c5ccccc5)cc4)c4cccc5oc6cc(-c7ccccc7)c7ccccc7c6c45)cc3)cc2)cc1. The molecule has 1 aromatic heterocycles. The number of furan rings is 1. The van der Waals surface area contributed by atoms with E-state index in [1.807, 2.05) is 0 Å². The maximum atomic E-state index is 6.75. The molecular formula is C52H35NO. The molecule has 0 bridgehead atoms. The van der Waals surface area contributed by atoms with Crippen molar-refractivity contribution in [2.45, 2.75) is 0 Å². The Balaban J connectivity index is 1.14. The zero-order chi connectivity index (χ0) is 35.8. The van der Waals surface area contributed by atoms with E-state index < -0.39 is 0 Å². The summed E-state index contributed by atoms with van der Waals surface area (Å²) in [7, 11) is 0. The molecule has 2 heteroatoms. The summed E-state index contributed by atoms with van der Waals surface area (Å²) in [6.07, 6.45) is 0. The molecule has 0 atom stereocenters. The van der Waals surface area contributed by atoms with Gasteiger partial charge >= 0.3 is 0 Å². The van der Waals surface area contributed by atoms with E-state index in [1.54, 1.807) is 0 Å². The summed E-state index contributed by atoms with van der Waals surface area (Å²) in [6.45, 7) is 0. The van der Waals surface area contributed by atoms with E-state index in [2.05, 4.69) is 217 Å². The zero-order valence-electron chi connectivity index (χ0n) is 29.6. The molecule has 0 fully saturated rings. The highest BCUT2D eigenvalue weighted by Crippen LogP contribution is 2.47. The minimum absolute atomic E-state index is 0.860. The molecule has 10 aromatic rings. The summed E-state index contributed by atoms with van der Waals surface area (Å²) >= 11 is 0. The third kappa shape index (κ3) is 5.62. The fraction of sp³-hybridized carbons (Fsp3) is 0. The monoisotopic (exact) mass is 689 g/mol. The first kappa shape index (κ1) is 31.6. The molecule has 54 heavy (non-hydrogen) atoms. The number of hydrogen-bond donors (Lipinski definition) is 0. The quantitative estimate of drug-likeness (QED) is 0.166. The van der Waals surface area contributed by atoms with Crippen molar-refractivity contribution in [3.8, 4) is 44.5 Å². The predicted octanol–water partition coefficient (Wildman–Crippen LogP) is 14.9. The third-order valence-electron chi connectivity index (χ3n) is 10.5. The lowest BCUT2D eigenvalue weighted by molar-refractivity contribution is 0.669. The maximum Gasteiger partial charge on any atom is 0.137 e. The van der Waals surface area contributed by atoms with Gasteiger partial charge < -0.3 is 9.32 Å². The van der Waals surface area contributed by atoms with Crippen LogP contribution in [-0.2, 0) is 0 Å². The summed E-state index contributed by atoms with van der Waals surface area (Å²) in [5.74, 6) is 0. The van der Waals surface area contributed by atoms with Gasteiger partial charge in [0.15, 0.2) is 0 Å². The van der Waals surface area contributed by atoms with Crippen molar-refractivity contribution in [2.75, 3.05) is 4.90 Å². The van der Waals surface area contributed by atoms with Gasteiger partial charge in [0, 0.05) is 16.8 Å². The molecule has 0 aliphatic rings. The number of anilines is 3. The molecule has 0 radical (unpaired) electrons. The van der Waals surface area contributed by atoms with Gasteiger partial charge in [0.05, 0.1) is 11.1 Å². The molecule has 1 heterocycles. The van der Waals surface area contributed by atoms with Crippen molar-refractivity contribution in [1.29, 1.82) is 0 Å². The van der Waals surface area contributed by atoms with Gasteiger partial charge in [-0.1, -0.05) is 170 Å². The maximum absolute atomic E-state index is 6.75. The minimum atomic E-state index is 0.860. The predicted molar refractivity (Wildman–Crippen MR) is 228 cm³/mol. The molecule has 2 nitrogen and oxygen atoms in total. The molecule has 0 aliphatic heterocycles. The van der Waals surface area contributed by atoms with Crippen LogP contribution in [0.2, 0.25) is 0 Å². The number of rotatable bonds is 7. The minimum Gasteiger partial charge on any atom is -0.456 e. The second kappa shape index (κ2) is 13.4. The summed E-state index contributed by atoms with van der Waals surface area (Å²) in [6, 6.07) is 75.7. The normalized spacial score (nSPS) is 11.3. The fourth-order valence-electron chi connectivity index (χ4n) is 7.85. The summed E-state index contributed by atoms with van der Waals surface area (Å²) in [5.41, 5.74) is 14.4. The van der Waals surface area contributed by atoms with E-state index in [-0.39, 0.29) is 0 Å². The fourth-order valence-corrected chi connectivity index (χ4v) is 7.85. The number of fused-ring (bicyclic) bond motifs is 5. The van der Waals surface area contributed by atoms with Crippen molar-refractivity contribution in [2.24, 2.45) is 0 Å². The van der Waals surface area contributed by atoms with Crippen LogP contribution >= 0.6 is 0 Å². The van der Waals surface area contributed by atoms with Crippen LogP contribution < -0.4 is 4.90 Å². The topological polar surface area (TPSA) is 16.4 Å². The first-order chi connectivity index (χ1) is 26.8. The van der Waals surface area contributed by atoms with Gasteiger partial charge in [-0.2, -0.15) is 0 Å². The van der Waals surface area contributed by atoms with Crippen LogP contribution in [0.15, 0.2) is 217 Å². The van der Waals surface area contributed by atoms with Crippen LogP contribution in [0.4, 0.5) is 17.1 Å². The van der Waals surface area contributed by atoms with Crippen LogP contribution in [0.25, 0.3) is 77.2 Å². The van der Waals surface area contributed by atoms with Gasteiger partial charge in [0.2, 0.25) is 0 Å². The van der Waals surface area contributed by atoms with Crippen molar-refractivity contribution in [3.63, 3.8) is 0 Å². The highest BCUT2D eigenvalue weighted by molar-refractivity contribution is 6.25. The van der Waals surface area contributed by atoms with Crippen molar-refractivity contribution >= 4 is 49.8 Å². The van der Waals surface area contributed by atoms with Crippen molar-refractivity contribution < 1.29 is 4.42 Å². The lowest BCUT2D eigenvalue weighted by atomic mass is 9.94. The Morgan fingerprint density at radius 3 is 1.24 bits per heavy atom. The van der Waals surface area contributed by atoms with Gasteiger partial charge in [-0.3, -0.25) is 0 Å². The second-order valence-electron chi connectivity index (χ2n) is 13.7. The molecule has 9 aromatic carbocycles. The van der Waals surface area contributed by atoms with Crippen LogP contribution in [0.1, 0.15) is 0 Å². The average Bonchev–Trinajstić information content (AvgIpc) is 3.65. The van der Waals surface area contributed by atoms with Crippen LogP contribution in [-0.4, -0.2) is 0 Å². The molecule has 0 unspecified atom stereocenters. The van der Waals surface area contributed by atoms with Gasteiger partial charge in [0.1, 0.15) is 11.2 Å². The average molecular weight is 690 g/mol. The van der Waals surface area contributed by atoms with Gasteiger partial charge in [-0.05, 0) is 97.7 Å². The Morgan fingerprint density at radius 1 is 0.296 bits per heavy atom. The second-order valence-corrected chi connectivity index (χ2v) is 13.7. The first-order valence-corrected chi connectivity index (χ1v) is 18.4. The standard InChI is InChI=1S/C52H35NO/c1-4-13-36(14-5-1)38-23-25-39(26-24-38)41-29-33-44(34-30-41)53(43-31-27-40(28-32-43)37-15-6-2-7-16-37)48-21-12-22-49-52(48)51-46-20-11-10-19-45(46)47(35-50(51)54-49)42-17-8-3-9-18-42/h1-35H. The zero-order valence-corrected chi connectivity index (χ0v) is 29.6. The van der Waals surface area contributed by atoms with E-state index in [1.165, 1.54) is 55.3 Å². The molecular weight excluding hydrogens is 655 g/mol. The molecule has 0 aliphatic carbocycles. The molecule has 0 saturated carbocycles. The van der Waals surface area contributed by atoms with Crippen LogP contribution in [0.5, 0.6) is 0 Å². The Morgan fingerprint density at radius 2 is 0.722 bits per heavy atom. The molecule has 0 spiro atoms. The van der Waals surface area contributed by atoms with Crippen LogP contribution in [0, 0.1) is 0 Å². The largest absolute Gasteiger partial charge is 0.456 e. The summed E-state index contributed by atoms with van der Waals surface area (Å²) in [4.78, 5) is 2.37. The number of nitrogens with zero attached hydrogens (tertiary/aromatic N) is 1. The number of hydrogen-bond acceptors (Lipinski definition) is 2. The number of benzene rings is 9. The van der Waals surface area contributed by atoms with Crippen molar-refractivity contribution in [1.82, 2.24) is 0 Å². The Hall–Kier alpha value is -7.16. The van der Waals surface area contributed by atoms with E-state index >= 15 is 0 Å². The Bertz CT molecular complexity index is 2880. The lowest BCUT2D eigenvalue weighted by Crippen LogP contribution is -2.10. The van der Waals surface area contributed by atoms with Crippen LogP contribution in [0.3, 0.4) is 0 Å². The van der Waals surface area contributed by atoms with Gasteiger partial charge in [-0.25, -0.2) is 0 Å². The smallest absolute Gasteiger partial charge is 0.137 e. The molecule has 0 N–H and O–H groups in total. The van der Waals surface area contributed by atoms with Crippen molar-refractivity contribution in [3.05, 3.63) is 212 Å². The molecule has 0 amide bonds. The summed E-state index contributed by atoms with van der Waals surface area (Å²) in [5, 5.41) is 4.59. The molecule has 254 valence electrons. The van der Waals surface area contributed by atoms with E-state index in [9.17, 15) is 0 Å². The summed E-state index contributed by atoms with van der Waals surface area (Å²) < 4.78 is 6.75. The van der Waals surface area contributed by atoms with E-state index in [0.29, 0.717) is 0 Å². The molecule has 0 saturated heterocycles. The highest BCUT2D eigenvalue weighted by Gasteiger charge is 2.22. The Labute approximate surface area is 314 Å². The van der Waals surface area contributed by atoms with Gasteiger partial charge in [-0.15, -0.1) is 0 Å². The lowest BCUT2D eigenvalue weighted by Gasteiger charge is -2.27. The van der Waals surface area contributed by atoms with Gasteiger partial charge in [0.25, 0.3) is 0 Å². The Kier molecular flexibility index (Phi) is 7.85. The van der Waals surface area contributed by atoms with E-state index in [4.69, 9.17) is 4.42 Å². The van der Waals surface area contributed by atoms with E-state index in [0.717, 1.165) is 39.0 Å². The highest BCUT2D eigenvalue weighted by atomic mass is 16.3. The first-order valence-electron chi connectivity index (χ1n) is 18.4.